The maximum absolute atomic E-state index is 5.36. The van der Waals surface area contributed by atoms with Crippen LogP contribution in [0, 0.1) is 12.3 Å². The third-order valence-corrected chi connectivity index (χ3v) is 2.87. The van der Waals surface area contributed by atoms with Gasteiger partial charge in [-0.3, -0.25) is 0 Å². The van der Waals surface area contributed by atoms with Crippen LogP contribution in [0.3, 0.4) is 0 Å². The van der Waals surface area contributed by atoms with Crippen LogP contribution in [-0.4, -0.2) is 6.61 Å². The number of hydrogen-bond donors (Lipinski definition) is 0. The van der Waals surface area contributed by atoms with Gasteiger partial charge in [0.25, 0.3) is 0 Å². The molecule has 86 valence electrons. The zero-order chi connectivity index (χ0) is 12.1. The van der Waals surface area contributed by atoms with Crippen molar-refractivity contribution in [1.29, 1.82) is 0 Å². The van der Waals surface area contributed by atoms with Gasteiger partial charge in [-0.1, -0.05) is 43.2 Å². The first-order valence-electron chi connectivity index (χ1n) is 5.87. The summed E-state index contributed by atoms with van der Waals surface area (Å²) in [4.78, 5) is 0. The summed E-state index contributed by atoms with van der Waals surface area (Å²) in [7, 11) is 0. The maximum atomic E-state index is 5.36. The number of benzene rings is 2. The fraction of sp³-hybridized carbons (Fsp3) is 0.250. The molecule has 1 nitrogen and oxygen atoms in total. The topological polar surface area (TPSA) is 9.23 Å². The molecule has 2 aromatic carbocycles. The summed E-state index contributed by atoms with van der Waals surface area (Å²) in [5, 5.41) is 2.60. The van der Waals surface area contributed by atoms with Crippen LogP contribution in [0.25, 0.3) is 10.8 Å². The Morgan fingerprint density at radius 2 is 2.12 bits per heavy atom. The summed E-state index contributed by atoms with van der Waals surface area (Å²) in [6.45, 7) is 3.13. The van der Waals surface area contributed by atoms with Gasteiger partial charge in [-0.15, -0.1) is 6.42 Å². The van der Waals surface area contributed by atoms with Gasteiger partial charge in [0.15, 0.2) is 0 Å². The lowest BCUT2D eigenvalue weighted by Crippen LogP contribution is -1.93. The van der Waals surface area contributed by atoms with Gasteiger partial charge in [0.1, 0.15) is 6.61 Å². The fourth-order valence-corrected chi connectivity index (χ4v) is 2.01. The van der Waals surface area contributed by atoms with Crippen molar-refractivity contribution in [2.45, 2.75) is 20.0 Å². The summed E-state index contributed by atoms with van der Waals surface area (Å²) in [6.07, 6.45) is 6.20. The summed E-state index contributed by atoms with van der Waals surface area (Å²) >= 11 is 0. The molecule has 0 bridgehead atoms. The molecule has 0 saturated heterocycles. The minimum Gasteiger partial charge on any atom is -0.364 e. The average Bonchev–Trinajstić information content (AvgIpc) is 2.38. The normalized spacial score (nSPS) is 10.4. The van der Waals surface area contributed by atoms with Crippen molar-refractivity contribution < 1.29 is 4.74 Å². The highest BCUT2D eigenvalue weighted by molar-refractivity contribution is 5.86. The van der Waals surface area contributed by atoms with Crippen molar-refractivity contribution in [2.75, 3.05) is 6.61 Å². The highest BCUT2D eigenvalue weighted by atomic mass is 16.5. The van der Waals surface area contributed by atoms with Crippen LogP contribution in [0.15, 0.2) is 36.4 Å². The van der Waals surface area contributed by atoms with Crippen molar-refractivity contribution in [3.8, 4) is 12.3 Å². The van der Waals surface area contributed by atoms with Gasteiger partial charge in [-0.2, -0.15) is 0 Å². The van der Waals surface area contributed by atoms with E-state index in [0.29, 0.717) is 13.2 Å². The first kappa shape index (κ1) is 11.7. The van der Waals surface area contributed by atoms with Gasteiger partial charge in [-0.25, -0.2) is 0 Å². The molecule has 0 spiro atoms. The number of hydrogen-bond acceptors (Lipinski definition) is 1. The Kier molecular flexibility index (Phi) is 3.80. The predicted molar refractivity (Wildman–Crippen MR) is 71.8 cm³/mol. The molecule has 0 N–H and O–H groups in total. The monoisotopic (exact) mass is 224 g/mol. The molecule has 0 atom stereocenters. The molecule has 0 amide bonds. The molecule has 0 aliphatic carbocycles. The Labute approximate surface area is 102 Å². The van der Waals surface area contributed by atoms with Crippen LogP contribution in [0.1, 0.15) is 18.1 Å². The van der Waals surface area contributed by atoms with Gasteiger partial charge in [0.2, 0.25) is 0 Å². The summed E-state index contributed by atoms with van der Waals surface area (Å²) < 4.78 is 5.36. The molecular weight excluding hydrogens is 208 g/mol. The van der Waals surface area contributed by atoms with Crippen LogP contribution in [0.2, 0.25) is 0 Å². The van der Waals surface area contributed by atoms with E-state index < -0.39 is 0 Å². The molecule has 0 aliphatic rings. The van der Waals surface area contributed by atoms with E-state index in [0.717, 1.165) is 6.42 Å². The number of terminal acetylenes is 1. The molecule has 17 heavy (non-hydrogen) atoms. The van der Waals surface area contributed by atoms with Crippen LogP contribution in [0.4, 0.5) is 0 Å². The predicted octanol–water partition coefficient (Wildman–Crippen LogP) is 3.55. The largest absolute Gasteiger partial charge is 0.364 e. The summed E-state index contributed by atoms with van der Waals surface area (Å²) in [6, 6.07) is 12.9. The maximum Gasteiger partial charge on any atom is 0.107 e. The number of aryl methyl sites for hydroxylation is 1. The van der Waals surface area contributed by atoms with Crippen molar-refractivity contribution in [3.63, 3.8) is 0 Å². The SMILES string of the molecule is C#CCOCc1ccc2cccc(CC)c2c1. The van der Waals surface area contributed by atoms with Crippen molar-refractivity contribution in [1.82, 2.24) is 0 Å². The second kappa shape index (κ2) is 5.52. The number of ether oxygens (including phenoxy) is 1. The highest BCUT2D eigenvalue weighted by Gasteiger charge is 2.00. The van der Waals surface area contributed by atoms with E-state index in [2.05, 4.69) is 49.2 Å². The zero-order valence-corrected chi connectivity index (χ0v) is 10.1. The first-order chi connectivity index (χ1) is 8.35. The third-order valence-electron chi connectivity index (χ3n) is 2.87. The molecule has 2 aromatic rings. The molecule has 0 radical (unpaired) electrons. The molecule has 2 rings (SSSR count). The minimum absolute atomic E-state index is 0.369. The number of fused-ring (bicyclic) bond motifs is 1. The second-order valence-corrected chi connectivity index (χ2v) is 4.02. The van der Waals surface area contributed by atoms with Gasteiger partial charge in [-0.05, 0) is 34.4 Å². The third kappa shape index (κ3) is 2.67. The molecule has 0 heterocycles. The lowest BCUT2D eigenvalue weighted by Gasteiger charge is -2.07. The molecule has 1 heteroatoms. The van der Waals surface area contributed by atoms with Gasteiger partial charge in [0.05, 0.1) is 6.61 Å². The van der Waals surface area contributed by atoms with E-state index in [1.807, 2.05) is 0 Å². The van der Waals surface area contributed by atoms with Crippen LogP contribution < -0.4 is 0 Å². The second-order valence-electron chi connectivity index (χ2n) is 4.02. The smallest absolute Gasteiger partial charge is 0.107 e. The van der Waals surface area contributed by atoms with Crippen molar-refractivity contribution in [2.24, 2.45) is 0 Å². The van der Waals surface area contributed by atoms with Crippen molar-refractivity contribution >= 4 is 10.8 Å². The lowest BCUT2D eigenvalue weighted by molar-refractivity contribution is 0.153. The molecule has 0 aliphatic heterocycles. The highest BCUT2D eigenvalue weighted by Crippen LogP contribution is 2.21. The van der Waals surface area contributed by atoms with E-state index in [9.17, 15) is 0 Å². The Morgan fingerprint density at radius 3 is 2.88 bits per heavy atom. The van der Waals surface area contributed by atoms with E-state index in [4.69, 9.17) is 11.2 Å². The Hall–Kier alpha value is -1.78. The van der Waals surface area contributed by atoms with E-state index in [1.165, 1.54) is 21.9 Å². The first-order valence-corrected chi connectivity index (χ1v) is 5.87. The molecule has 0 unspecified atom stereocenters. The minimum atomic E-state index is 0.369. The van der Waals surface area contributed by atoms with E-state index >= 15 is 0 Å². The van der Waals surface area contributed by atoms with Gasteiger partial charge >= 0.3 is 0 Å². The molecular formula is C16H16O. The van der Waals surface area contributed by atoms with Crippen molar-refractivity contribution in [3.05, 3.63) is 47.5 Å². The molecule has 0 fully saturated rings. The molecule has 0 aromatic heterocycles. The van der Waals surface area contributed by atoms with Crippen LogP contribution in [0.5, 0.6) is 0 Å². The van der Waals surface area contributed by atoms with Gasteiger partial charge in [0, 0.05) is 0 Å². The summed E-state index contributed by atoms with van der Waals surface area (Å²) in [5.74, 6) is 2.48. The number of rotatable bonds is 4. The quantitative estimate of drug-likeness (QED) is 0.570. The standard InChI is InChI=1S/C16H16O/c1-3-10-17-12-13-8-9-15-7-5-6-14(4-2)16(15)11-13/h1,5-9,11H,4,10,12H2,2H3. The van der Waals surface area contributed by atoms with E-state index in [-0.39, 0.29) is 0 Å². The molecule has 0 saturated carbocycles. The zero-order valence-electron chi connectivity index (χ0n) is 10.1. The van der Waals surface area contributed by atoms with Crippen LogP contribution >= 0.6 is 0 Å². The Bertz CT molecular complexity index is 549. The van der Waals surface area contributed by atoms with Crippen LogP contribution in [-0.2, 0) is 17.8 Å². The van der Waals surface area contributed by atoms with Gasteiger partial charge < -0.3 is 4.74 Å². The Balaban J connectivity index is 2.32. The lowest BCUT2D eigenvalue weighted by atomic mass is 10.0. The summed E-state index contributed by atoms with van der Waals surface area (Å²) in [5.41, 5.74) is 2.55. The fourth-order valence-electron chi connectivity index (χ4n) is 2.01. The Morgan fingerprint density at radius 1 is 1.24 bits per heavy atom. The average molecular weight is 224 g/mol. The van der Waals surface area contributed by atoms with E-state index in [1.54, 1.807) is 0 Å².